The number of carbonyl (C=O) groups is 5. The van der Waals surface area contributed by atoms with E-state index in [0.717, 1.165) is 51.0 Å². The number of likely N-dealkylation sites (N-methyl/N-ethyl adjacent to an activating group) is 1. The van der Waals surface area contributed by atoms with Gasteiger partial charge in [0.05, 0.1) is 41.7 Å². The van der Waals surface area contributed by atoms with Gasteiger partial charge in [-0.15, -0.1) is 0 Å². The molecule has 5 amide bonds. The van der Waals surface area contributed by atoms with Crippen molar-refractivity contribution in [3.63, 3.8) is 0 Å². The molecular weight excluding hydrogens is 751 g/mol. The molecule has 59 heavy (non-hydrogen) atoms. The van der Waals surface area contributed by atoms with E-state index in [2.05, 4.69) is 22.6 Å². The number of para-hydroxylation sites is 1. The monoisotopic (exact) mass is 803 g/mol. The number of nitrogens with zero attached hydrogens (tertiary/aromatic N) is 3. The summed E-state index contributed by atoms with van der Waals surface area (Å²) < 4.78 is 17.7. The fourth-order valence-electron chi connectivity index (χ4n) is 7.11. The van der Waals surface area contributed by atoms with E-state index in [4.69, 9.17) is 14.2 Å². The average molecular weight is 804 g/mol. The summed E-state index contributed by atoms with van der Waals surface area (Å²) in [4.78, 5) is 70.9. The number of fused-ring (bicyclic) bond motifs is 1. The summed E-state index contributed by atoms with van der Waals surface area (Å²) in [6.45, 7) is 7.92. The third-order valence-corrected chi connectivity index (χ3v) is 10.5. The zero-order valence-electron chi connectivity index (χ0n) is 34.3. The Morgan fingerprint density at radius 3 is 2.17 bits per heavy atom. The summed E-state index contributed by atoms with van der Waals surface area (Å²) >= 11 is 0. The second-order valence-corrected chi connectivity index (χ2v) is 15.1. The predicted molar refractivity (Wildman–Crippen MR) is 225 cm³/mol. The molecule has 2 heterocycles. The van der Waals surface area contributed by atoms with Gasteiger partial charge >= 0.3 is 0 Å². The number of rotatable bonds is 18. The fraction of sp³-hybridized carbons (Fsp3) is 0.370. The maximum Gasteiger partial charge on any atom is 0.261 e. The summed E-state index contributed by atoms with van der Waals surface area (Å²) in [5.41, 5.74) is 4.01. The molecule has 2 N–H and O–H groups in total. The number of ether oxygens (including phenoxy) is 3. The van der Waals surface area contributed by atoms with Crippen molar-refractivity contribution in [1.82, 2.24) is 14.7 Å². The molecule has 13 heteroatoms. The molecule has 0 spiro atoms. The van der Waals surface area contributed by atoms with Crippen LogP contribution in [-0.2, 0) is 16.1 Å². The van der Waals surface area contributed by atoms with Gasteiger partial charge in [0.15, 0.2) is 0 Å². The Balaban J connectivity index is 1.02. The van der Waals surface area contributed by atoms with E-state index >= 15 is 0 Å². The highest BCUT2D eigenvalue weighted by molar-refractivity contribution is 6.21. The molecule has 1 fully saturated rings. The van der Waals surface area contributed by atoms with Crippen LogP contribution in [0.5, 0.6) is 11.5 Å². The summed E-state index contributed by atoms with van der Waals surface area (Å²) in [7, 11) is 3.61. The summed E-state index contributed by atoms with van der Waals surface area (Å²) in [5.74, 6) is -0.317. The van der Waals surface area contributed by atoms with Crippen LogP contribution in [0.15, 0.2) is 84.9 Å². The second kappa shape index (κ2) is 20.1. The topological polar surface area (TPSA) is 147 Å². The van der Waals surface area contributed by atoms with Crippen LogP contribution in [0.3, 0.4) is 0 Å². The molecule has 4 aromatic carbocycles. The standard InChI is InChI=1S/C46H53N5O8/c1-31-17-19-39(41(28-31)58-27-11-5-6-16-42(52)50-25-23-49(3)24-26-50)48-43(53)33-18-20-38(34(29-33)30-57-4)47-44(54)37-14-9-10-15-40(37)59-32(2)21-22-51-45(55)35-12-7-8-13-36(35)46(51)56/h7-10,12-15,17-20,28-29,32H,5-6,11,16,21-27,30H2,1-4H3,(H,47,54)(H,48,53). The first-order valence-corrected chi connectivity index (χ1v) is 20.2. The number of hydrogen-bond acceptors (Lipinski definition) is 9. The van der Waals surface area contributed by atoms with Crippen LogP contribution in [0.1, 0.15) is 91.6 Å². The molecule has 1 saturated heterocycles. The minimum absolute atomic E-state index is 0.129. The summed E-state index contributed by atoms with van der Waals surface area (Å²) in [5, 5.41) is 5.92. The fourth-order valence-corrected chi connectivity index (χ4v) is 7.11. The second-order valence-electron chi connectivity index (χ2n) is 15.1. The van der Waals surface area contributed by atoms with Gasteiger partial charge in [-0.3, -0.25) is 28.9 Å². The predicted octanol–water partition coefficient (Wildman–Crippen LogP) is 6.81. The number of carbonyl (C=O) groups excluding carboxylic acids is 5. The Morgan fingerprint density at radius 2 is 1.44 bits per heavy atom. The number of aryl methyl sites for hydroxylation is 1. The lowest BCUT2D eigenvalue weighted by Gasteiger charge is -2.32. The third kappa shape index (κ3) is 10.9. The third-order valence-electron chi connectivity index (χ3n) is 10.5. The number of methoxy groups -OCH3 is 1. The number of piperazine rings is 1. The first-order chi connectivity index (χ1) is 28.5. The Bertz CT molecular complexity index is 2130. The van der Waals surface area contributed by atoms with Crippen molar-refractivity contribution >= 4 is 40.9 Å². The highest BCUT2D eigenvalue weighted by Gasteiger charge is 2.35. The molecule has 0 saturated carbocycles. The van der Waals surface area contributed by atoms with Gasteiger partial charge in [-0.1, -0.05) is 30.3 Å². The number of benzene rings is 4. The van der Waals surface area contributed by atoms with Gasteiger partial charge in [0.25, 0.3) is 23.6 Å². The van der Waals surface area contributed by atoms with Crippen LogP contribution < -0.4 is 20.1 Å². The van der Waals surface area contributed by atoms with Crippen LogP contribution in [0.4, 0.5) is 11.4 Å². The smallest absolute Gasteiger partial charge is 0.261 e. The molecule has 6 rings (SSSR count). The van der Waals surface area contributed by atoms with Gasteiger partial charge in [0.1, 0.15) is 11.5 Å². The highest BCUT2D eigenvalue weighted by atomic mass is 16.5. The molecule has 4 aromatic rings. The Hall–Kier alpha value is -6.05. The summed E-state index contributed by atoms with van der Waals surface area (Å²) in [6.07, 6.45) is 2.91. The van der Waals surface area contributed by atoms with Crippen LogP contribution in [0.2, 0.25) is 0 Å². The number of imide groups is 1. The molecule has 0 aromatic heterocycles. The van der Waals surface area contributed by atoms with Gasteiger partial charge in [-0.05, 0) is 100 Å². The van der Waals surface area contributed by atoms with E-state index in [9.17, 15) is 24.0 Å². The van der Waals surface area contributed by atoms with Gasteiger partial charge in [0, 0.05) is 69.5 Å². The average Bonchev–Trinajstić information content (AvgIpc) is 3.47. The largest absolute Gasteiger partial charge is 0.491 e. The summed E-state index contributed by atoms with van der Waals surface area (Å²) in [6, 6.07) is 24.2. The normalized spacial score (nSPS) is 14.5. The maximum atomic E-state index is 13.7. The Kier molecular flexibility index (Phi) is 14.5. The van der Waals surface area contributed by atoms with Gasteiger partial charge < -0.3 is 34.6 Å². The first kappa shape index (κ1) is 42.6. The van der Waals surface area contributed by atoms with Crippen molar-refractivity contribution in [2.75, 3.05) is 64.1 Å². The molecule has 13 nitrogen and oxygen atoms in total. The molecule has 0 aliphatic carbocycles. The zero-order chi connectivity index (χ0) is 41.9. The van der Waals surface area contributed by atoms with Crippen molar-refractivity contribution < 1.29 is 38.2 Å². The molecular formula is C46H53N5O8. The van der Waals surface area contributed by atoms with Gasteiger partial charge in [-0.25, -0.2) is 0 Å². The van der Waals surface area contributed by atoms with Crippen molar-refractivity contribution in [3.05, 3.63) is 118 Å². The lowest BCUT2D eigenvalue weighted by molar-refractivity contribution is -0.132. The lowest BCUT2D eigenvalue weighted by Crippen LogP contribution is -2.47. The first-order valence-electron chi connectivity index (χ1n) is 20.2. The minimum atomic E-state index is -0.427. The van der Waals surface area contributed by atoms with Crippen molar-refractivity contribution in [1.29, 1.82) is 0 Å². The van der Waals surface area contributed by atoms with E-state index in [1.807, 2.05) is 36.9 Å². The van der Waals surface area contributed by atoms with Crippen molar-refractivity contribution in [3.8, 4) is 11.5 Å². The van der Waals surface area contributed by atoms with E-state index in [1.54, 1.807) is 66.7 Å². The molecule has 1 atom stereocenters. The Morgan fingerprint density at radius 1 is 0.763 bits per heavy atom. The number of anilines is 2. The van der Waals surface area contributed by atoms with E-state index in [1.165, 1.54) is 12.0 Å². The molecule has 2 aliphatic rings. The highest BCUT2D eigenvalue weighted by Crippen LogP contribution is 2.29. The minimum Gasteiger partial charge on any atom is -0.491 e. The van der Waals surface area contributed by atoms with Crippen LogP contribution in [0, 0.1) is 6.92 Å². The number of amides is 5. The molecule has 0 bridgehead atoms. The molecule has 0 radical (unpaired) electrons. The van der Waals surface area contributed by atoms with Gasteiger partial charge in [0.2, 0.25) is 5.91 Å². The quantitative estimate of drug-likeness (QED) is 0.0818. The van der Waals surface area contributed by atoms with E-state index < -0.39 is 12.0 Å². The van der Waals surface area contributed by atoms with E-state index in [-0.39, 0.29) is 42.3 Å². The molecule has 1 unspecified atom stereocenters. The Labute approximate surface area is 345 Å². The van der Waals surface area contributed by atoms with Crippen LogP contribution in [0.25, 0.3) is 0 Å². The SMILES string of the molecule is COCc1cc(C(=O)Nc2ccc(C)cc2OCCCCCC(=O)N2CCN(C)CC2)ccc1NC(=O)c1ccccc1OC(C)CCN1C(=O)c2ccccc2C1=O. The molecule has 310 valence electrons. The number of hydrogen-bond donors (Lipinski definition) is 2. The molecule has 2 aliphatic heterocycles. The zero-order valence-corrected chi connectivity index (χ0v) is 34.3. The number of unbranched alkanes of at least 4 members (excludes halogenated alkanes) is 2. The van der Waals surface area contributed by atoms with Crippen molar-refractivity contribution in [2.45, 2.75) is 58.7 Å². The maximum absolute atomic E-state index is 13.7. The number of nitrogens with one attached hydrogen (secondary N) is 2. The van der Waals surface area contributed by atoms with Crippen LogP contribution in [-0.4, -0.2) is 104 Å². The van der Waals surface area contributed by atoms with E-state index in [0.29, 0.717) is 64.6 Å². The van der Waals surface area contributed by atoms with Crippen molar-refractivity contribution in [2.24, 2.45) is 0 Å². The lowest BCUT2D eigenvalue weighted by atomic mass is 10.1. The van der Waals surface area contributed by atoms with Crippen LogP contribution >= 0.6 is 0 Å². The van der Waals surface area contributed by atoms with Gasteiger partial charge in [-0.2, -0.15) is 0 Å².